The monoisotopic (exact) mass is 224 g/mol. The van der Waals surface area contributed by atoms with Crippen LogP contribution in [0.4, 0.5) is 0 Å². The number of hydrogen-bond acceptors (Lipinski definition) is 0. The maximum Gasteiger partial charge on any atom is -0.0181 e. The molecule has 0 spiro atoms. The van der Waals surface area contributed by atoms with Gasteiger partial charge in [-0.3, -0.25) is 0 Å². The molecule has 0 fully saturated rings. The van der Waals surface area contributed by atoms with Gasteiger partial charge >= 0.3 is 0 Å². The van der Waals surface area contributed by atoms with E-state index in [1.54, 1.807) is 0 Å². The molecule has 0 N–H and O–H groups in total. The Morgan fingerprint density at radius 1 is 0.882 bits per heavy atom. The highest BCUT2D eigenvalue weighted by Crippen LogP contribution is 2.21. The van der Waals surface area contributed by atoms with E-state index in [-0.39, 0.29) is 0 Å². The van der Waals surface area contributed by atoms with Crippen molar-refractivity contribution in [3.05, 3.63) is 59.7 Å². The van der Waals surface area contributed by atoms with Crippen molar-refractivity contribution in [2.45, 2.75) is 33.1 Å². The van der Waals surface area contributed by atoms with Crippen molar-refractivity contribution in [2.75, 3.05) is 0 Å². The Labute approximate surface area is 104 Å². The molecule has 0 saturated carbocycles. The van der Waals surface area contributed by atoms with Gasteiger partial charge in [-0.25, -0.2) is 0 Å². The fourth-order valence-corrected chi connectivity index (χ4v) is 2.07. The summed E-state index contributed by atoms with van der Waals surface area (Å²) in [5.41, 5.74) is 5.39. The molecular formula is C17H20. The molecule has 0 heteroatoms. The van der Waals surface area contributed by atoms with Crippen LogP contribution in [0.25, 0.3) is 11.1 Å². The van der Waals surface area contributed by atoms with Gasteiger partial charge in [0.1, 0.15) is 0 Å². The predicted molar refractivity (Wildman–Crippen MR) is 75.2 cm³/mol. The summed E-state index contributed by atoms with van der Waals surface area (Å²) in [6.45, 7) is 4.38. The van der Waals surface area contributed by atoms with Crippen molar-refractivity contribution in [1.82, 2.24) is 0 Å². The van der Waals surface area contributed by atoms with Crippen LogP contribution in [0.2, 0.25) is 0 Å². The molecular weight excluding hydrogens is 204 g/mol. The Morgan fingerprint density at radius 3 is 2.29 bits per heavy atom. The van der Waals surface area contributed by atoms with E-state index in [1.807, 2.05) is 0 Å². The summed E-state index contributed by atoms with van der Waals surface area (Å²) < 4.78 is 0. The first-order valence-corrected chi connectivity index (χ1v) is 6.45. The van der Waals surface area contributed by atoms with Crippen molar-refractivity contribution in [3.8, 4) is 11.1 Å². The molecule has 0 atom stereocenters. The third-order valence-corrected chi connectivity index (χ3v) is 3.12. The highest BCUT2D eigenvalue weighted by molar-refractivity contribution is 5.64. The van der Waals surface area contributed by atoms with Crippen LogP contribution in [0.3, 0.4) is 0 Å². The predicted octanol–water partition coefficient (Wildman–Crippen LogP) is 5.00. The zero-order valence-corrected chi connectivity index (χ0v) is 10.7. The molecule has 17 heavy (non-hydrogen) atoms. The maximum atomic E-state index is 2.26. The molecule has 0 aliphatic carbocycles. The Hall–Kier alpha value is -1.56. The van der Waals surface area contributed by atoms with Crippen LogP contribution in [0.1, 0.15) is 30.9 Å². The van der Waals surface area contributed by atoms with Crippen molar-refractivity contribution >= 4 is 0 Å². The van der Waals surface area contributed by atoms with Gasteiger partial charge in [-0.1, -0.05) is 67.4 Å². The number of hydrogen-bond donors (Lipinski definition) is 0. The topological polar surface area (TPSA) is 0 Å². The standard InChI is InChI=1S/C17H20/c1-3-4-7-15-9-11-16(12-10-15)17-8-5-6-14(2)13-17/h5-6,8-13H,3-4,7H2,1-2H3. The fraction of sp³-hybridized carbons (Fsp3) is 0.294. The molecule has 0 heterocycles. The third-order valence-electron chi connectivity index (χ3n) is 3.12. The lowest BCUT2D eigenvalue weighted by atomic mass is 10.0. The Bertz CT molecular complexity index is 466. The summed E-state index contributed by atoms with van der Waals surface area (Å²) in [5.74, 6) is 0. The lowest BCUT2D eigenvalue weighted by Crippen LogP contribution is -1.85. The van der Waals surface area contributed by atoms with E-state index in [2.05, 4.69) is 62.4 Å². The molecule has 0 bridgehead atoms. The number of rotatable bonds is 4. The minimum Gasteiger partial charge on any atom is -0.0654 e. The van der Waals surface area contributed by atoms with Gasteiger partial charge in [-0.05, 0) is 36.5 Å². The van der Waals surface area contributed by atoms with E-state index in [1.165, 1.54) is 41.5 Å². The van der Waals surface area contributed by atoms with E-state index < -0.39 is 0 Å². The summed E-state index contributed by atoms with van der Waals surface area (Å²) in [4.78, 5) is 0. The molecule has 0 saturated heterocycles. The second kappa shape index (κ2) is 5.67. The number of aryl methyl sites for hydroxylation is 2. The lowest BCUT2D eigenvalue weighted by molar-refractivity contribution is 0.795. The van der Waals surface area contributed by atoms with Gasteiger partial charge in [0.2, 0.25) is 0 Å². The summed E-state index contributed by atoms with van der Waals surface area (Å²) in [6, 6.07) is 17.7. The first-order chi connectivity index (χ1) is 8.29. The van der Waals surface area contributed by atoms with Crippen LogP contribution >= 0.6 is 0 Å². The molecule has 2 aromatic rings. The summed E-state index contributed by atoms with van der Waals surface area (Å²) in [5, 5.41) is 0. The van der Waals surface area contributed by atoms with Gasteiger partial charge in [0.05, 0.1) is 0 Å². The Balaban J connectivity index is 2.17. The average Bonchev–Trinajstić information content (AvgIpc) is 2.37. The minimum atomic E-state index is 1.20. The second-order valence-corrected chi connectivity index (χ2v) is 4.67. The zero-order chi connectivity index (χ0) is 12.1. The summed E-state index contributed by atoms with van der Waals surface area (Å²) in [7, 11) is 0. The van der Waals surface area contributed by atoms with Gasteiger partial charge in [0.25, 0.3) is 0 Å². The van der Waals surface area contributed by atoms with Crippen molar-refractivity contribution in [1.29, 1.82) is 0 Å². The van der Waals surface area contributed by atoms with Gasteiger partial charge in [0.15, 0.2) is 0 Å². The molecule has 0 unspecified atom stereocenters. The first-order valence-electron chi connectivity index (χ1n) is 6.45. The van der Waals surface area contributed by atoms with Gasteiger partial charge < -0.3 is 0 Å². The van der Waals surface area contributed by atoms with Crippen LogP contribution in [0.15, 0.2) is 48.5 Å². The van der Waals surface area contributed by atoms with Gasteiger partial charge in [-0.15, -0.1) is 0 Å². The van der Waals surface area contributed by atoms with E-state index >= 15 is 0 Å². The molecule has 0 aromatic heterocycles. The molecule has 2 aromatic carbocycles. The third kappa shape index (κ3) is 3.20. The number of benzene rings is 2. The van der Waals surface area contributed by atoms with Crippen molar-refractivity contribution in [3.63, 3.8) is 0 Å². The summed E-state index contributed by atoms with van der Waals surface area (Å²) in [6.07, 6.45) is 3.74. The van der Waals surface area contributed by atoms with Crippen LogP contribution in [0, 0.1) is 6.92 Å². The molecule has 2 rings (SSSR count). The van der Waals surface area contributed by atoms with Crippen LogP contribution in [0.5, 0.6) is 0 Å². The zero-order valence-electron chi connectivity index (χ0n) is 10.7. The van der Waals surface area contributed by atoms with Gasteiger partial charge in [-0.2, -0.15) is 0 Å². The molecule has 0 nitrogen and oxygen atoms in total. The smallest absolute Gasteiger partial charge is 0.0181 e. The van der Waals surface area contributed by atoms with Crippen LogP contribution < -0.4 is 0 Å². The molecule has 0 radical (unpaired) electrons. The molecule has 0 aliphatic heterocycles. The lowest BCUT2D eigenvalue weighted by Gasteiger charge is -2.05. The maximum absolute atomic E-state index is 2.26. The molecule has 0 amide bonds. The van der Waals surface area contributed by atoms with E-state index in [0.717, 1.165) is 0 Å². The van der Waals surface area contributed by atoms with Crippen molar-refractivity contribution in [2.24, 2.45) is 0 Å². The van der Waals surface area contributed by atoms with E-state index in [9.17, 15) is 0 Å². The molecule has 88 valence electrons. The van der Waals surface area contributed by atoms with Crippen molar-refractivity contribution < 1.29 is 0 Å². The average molecular weight is 224 g/mol. The highest BCUT2D eigenvalue weighted by atomic mass is 14.0. The number of unbranched alkanes of at least 4 members (excludes halogenated alkanes) is 1. The van der Waals surface area contributed by atoms with E-state index in [0.29, 0.717) is 0 Å². The largest absolute Gasteiger partial charge is 0.0654 e. The highest BCUT2D eigenvalue weighted by Gasteiger charge is 1.98. The Kier molecular flexibility index (Phi) is 3.98. The first kappa shape index (κ1) is 11.9. The minimum absolute atomic E-state index is 1.20. The van der Waals surface area contributed by atoms with Gasteiger partial charge in [0, 0.05) is 0 Å². The normalized spacial score (nSPS) is 10.5. The fourth-order valence-electron chi connectivity index (χ4n) is 2.07. The Morgan fingerprint density at radius 2 is 1.65 bits per heavy atom. The SMILES string of the molecule is CCCCc1ccc(-c2cccc(C)c2)cc1. The molecule has 0 aliphatic rings. The van der Waals surface area contributed by atoms with Crippen LogP contribution in [-0.2, 0) is 6.42 Å². The quantitative estimate of drug-likeness (QED) is 0.685. The summed E-state index contributed by atoms with van der Waals surface area (Å²) >= 11 is 0. The second-order valence-electron chi connectivity index (χ2n) is 4.67. The van der Waals surface area contributed by atoms with E-state index in [4.69, 9.17) is 0 Å². The van der Waals surface area contributed by atoms with Crippen LogP contribution in [-0.4, -0.2) is 0 Å².